The minimum Gasteiger partial charge on any atom is -0.397 e. The van der Waals surface area contributed by atoms with Crippen LogP contribution < -0.4 is 5.73 Å². The number of Topliss-reactive ketones (excluding diaryl/α,β-unsaturated/α-hetero) is 1. The molecule has 1 heterocycles. The van der Waals surface area contributed by atoms with Gasteiger partial charge in [0.2, 0.25) is 0 Å². The summed E-state index contributed by atoms with van der Waals surface area (Å²) in [6, 6.07) is 3.65. The van der Waals surface area contributed by atoms with Crippen LogP contribution in [0.4, 0.5) is 5.69 Å². The number of ketones is 1. The molecule has 3 heteroatoms. The van der Waals surface area contributed by atoms with E-state index in [0.29, 0.717) is 5.69 Å². The van der Waals surface area contributed by atoms with Crippen molar-refractivity contribution in [3.05, 3.63) is 41.7 Å². The number of carbonyl (C=O) groups excluding carboxylic acids is 1. The first-order valence-corrected chi connectivity index (χ1v) is 5.32. The molecule has 0 aliphatic heterocycles. The fraction of sp³-hybridized carbons (Fsp3) is 0.231. The van der Waals surface area contributed by atoms with Crippen LogP contribution in [0.3, 0.4) is 0 Å². The van der Waals surface area contributed by atoms with E-state index in [1.807, 2.05) is 12.1 Å². The third-order valence-electron chi connectivity index (χ3n) is 2.60. The molecule has 0 atom stereocenters. The summed E-state index contributed by atoms with van der Waals surface area (Å²) in [4.78, 5) is 15.7. The lowest BCUT2D eigenvalue weighted by molar-refractivity contribution is -0.113. The van der Waals surface area contributed by atoms with Gasteiger partial charge in [0.25, 0.3) is 0 Å². The van der Waals surface area contributed by atoms with Crippen LogP contribution in [0, 0.1) is 0 Å². The topological polar surface area (TPSA) is 56.0 Å². The van der Waals surface area contributed by atoms with Gasteiger partial charge in [0.05, 0.1) is 17.6 Å². The van der Waals surface area contributed by atoms with Gasteiger partial charge in [0.15, 0.2) is 5.78 Å². The Bertz CT molecular complexity index is 469. The van der Waals surface area contributed by atoms with Gasteiger partial charge < -0.3 is 5.73 Å². The lowest BCUT2D eigenvalue weighted by atomic mass is 9.92. The number of nitrogens with zero attached hydrogens (tertiary/aromatic N) is 1. The van der Waals surface area contributed by atoms with Crippen LogP contribution in [0.25, 0.3) is 5.57 Å². The van der Waals surface area contributed by atoms with Crippen molar-refractivity contribution >= 4 is 17.0 Å². The average molecular weight is 214 g/mol. The van der Waals surface area contributed by atoms with Gasteiger partial charge >= 0.3 is 0 Å². The third-order valence-corrected chi connectivity index (χ3v) is 2.60. The van der Waals surface area contributed by atoms with Crippen LogP contribution in [-0.4, -0.2) is 10.8 Å². The zero-order valence-corrected chi connectivity index (χ0v) is 9.23. The Morgan fingerprint density at radius 2 is 2.06 bits per heavy atom. The summed E-state index contributed by atoms with van der Waals surface area (Å²) in [5.74, 6) is 0.0876. The number of hydrogen-bond donors (Lipinski definition) is 1. The molecule has 1 aliphatic carbocycles. The zero-order valence-electron chi connectivity index (χ0n) is 9.23. The highest BCUT2D eigenvalue weighted by Crippen LogP contribution is 2.27. The first kappa shape index (κ1) is 10.6. The number of hydrogen-bond acceptors (Lipinski definition) is 3. The van der Waals surface area contributed by atoms with Crippen molar-refractivity contribution in [2.45, 2.75) is 19.8 Å². The molecule has 0 bridgehead atoms. The number of rotatable bonds is 2. The number of carbonyl (C=O) groups is 1. The Morgan fingerprint density at radius 3 is 2.69 bits per heavy atom. The second-order valence-corrected chi connectivity index (χ2v) is 3.85. The van der Waals surface area contributed by atoms with E-state index in [1.165, 1.54) is 0 Å². The Kier molecular flexibility index (Phi) is 2.86. The predicted octanol–water partition coefficient (Wildman–Crippen LogP) is 2.36. The molecule has 1 aromatic heterocycles. The summed E-state index contributed by atoms with van der Waals surface area (Å²) in [5, 5.41) is 0. The minimum atomic E-state index is 0.0876. The Balaban J connectivity index is 2.39. The average Bonchev–Trinajstić information content (AvgIpc) is 2.30. The van der Waals surface area contributed by atoms with E-state index >= 15 is 0 Å². The SMILES string of the molecule is CC(=O)C1=CCCC=C1c1ccc(N)cn1. The molecule has 0 saturated carbocycles. The second kappa shape index (κ2) is 4.31. The zero-order chi connectivity index (χ0) is 11.5. The third kappa shape index (κ3) is 2.03. The molecule has 2 rings (SSSR count). The molecule has 16 heavy (non-hydrogen) atoms. The molecule has 0 aromatic carbocycles. The summed E-state index contributed by atoms with van der Waals surface area (Å²) in [5.41, 5.74) is 8.73. The quantitative estimate of drug-likeness (QED) is 0.822. The normalized spacial score (nSPS) is 15.3. The Hall–Kier alpha value is -1.90. The van der Waals surface area contributed by atoms with Gasteiger partial charge in [0.1, 0.15) is 0 Å². The minimum absolute atomic E-state index is 0.0876. The molecular formula is C13H14N2O. The molecule has 3 nitrogen and oxygen atoms in total. The van der Waals surface area contributed by atoms with Crippen LogP contribution in [0.2, 0.25) is 0 Å². The lowest BCUT2D eigenvalue weighted by Crippen LogP contribution is -2.04. The van der Waals surface area contributed by atoms with Crippen molar-refractivity contribution in [3.8, 4) is 0 Å². The van der Waals surface area contributed by atoms with Crippen LogP contribution in [0.1, 0.15) is 25.5 Å². The Morgan fingerprint density at radius 1 is 1.31 bits per heavy atom. The molecule has 0 fully saturated rings. The largest absolute Gasteiger partial charge is 0.397 e. The molecule has 1 aromatic rings. The van der Waals surface area contributed by atoms with Gasteiger partial charge in [-0.15, -0.1) is 0 Å². The molecule has 0 radical (unpaired) electrons. The van der Waals surface area contributed by atoms with Gasteiger partial charge in [-0.05, 0) is 31.9 Å². The van der Waals surface area contributed by atoms with E-state index in [0.717, 1.165) is 29.7 Å². The van der Waals surface area contributed by atoms with Crippen molar-refractivity contribution in [2.75, 3.05) is 5.73 Å². The lowest BCUT2D eigenvalue weighted by Gasteiger charge is -2.13. The summed E-state index contributed by atoms with van der Waals surface area (Å²) < 4.78 is 0. The first-order valence-electron chi connectivity index (χ1n) is 5.32. The number of nitrogens with two attached hydrogens (primary N) is 1. The summed E-state index contributed by atoms with van der Waals surface area (Å²) in [6.45, 7) is 1.59. The number of anilines is 1. The monoisotopic (exact) mass is 214 g/mol. The Labute approximate surface area is 94.7 Å². The molecule has 82 valence electrons. The summed E-state index contributed by atoms with van der Waals surface area (Å²) in [7, 11) is 0. The van der Waals surface area contributed by atoms with Gasteiger partial charge in [-0.2, -0.15) is 0 Å². The van der Waals surface area contributed by atoms with Crippen molar-refractivity contribution in [1.82, 2.24) is 4.98 Å². The number of aromatic nitrogens is 1. The van der Waals surface area contributed by atoms with E-state index in [9.17, 15) is 4.79 Å². The van der Waals surface area contributed by atoms with Gasteiger partial charge in [-0.3, -0.25) is 9.78 Å². The fourth-order valence-corrected chi connectivity index (χ4v) is 1.82. The highest BCUT2D eigenvalue weighted by Gasteiger charge is 2.15. The van der Waals surface area contributed by atoms with Gasteiger partial charge in [-0.25, -0.2) is 0 Å². The maximum Gasteiger partial charge on any atom is 0.160 e. The first-order chi connectivity index (χ1) is 7.68. The van der Waals surface area contributed by atoms with Gasteiger partial charge in [0, 0.05) is 11.1 Å². The van der Waals surface area contributed by atoms with Crippen LogP contribution in [0.5, 0.6) is 0 Å². The molecule has 0 unspecified atom stereocenters. The standard InChI is InChI=1S/C13H14N2O/c1-9(16)11-4-2-3-5-12(11)13-7-6-10(14)8-15-13/h4-8H,2-3,14H2,1H3. The smallest absolute Gasteiger partial charge is 0.160 e. The number of allylic oxidation sites excluding steroid dienone is 4. The number of pyridine rings is 1. The van der Waals surface area contributed by atoms with Crippen LogP contribution in [-0.2, 0) is 4.79 Å². The molecule has 0 spiro atoms. The molecule has 0 saturated heterocycles. The maximum atomic E-state index is 11.5. The highest BCUT2D eigenvalue weighted by atomic mass is 16.1. The van der Waals surface area contributed by atoms with E-state index < -0.39 is 0 Å². The van der Waals surface area contributed by atoms with Crippen molar-refractivity contribution < 1.29 is 4.79 Å². The van der Waals surface area contributed by atoms with E-state index in [2.05, 4.69) is 11.1 Å². The molecule has 0 amide bonds. The molecular weight excluding hydrogens is 200 g/mol. The van der Waals surface area contributed by atoms with Crippen molar-refractivity contribution in [3.63, 3.8) is 0 Å². The van der Waals surface area contributed by atoms with E-state index in [-0.39, 0.29) is 5.78 Å². The van der Waals surface area contributed by atoms with Crippen LogP contribution >= 0.6 is 0 Å². The number of nitrogen functional groups attached to an aromatic ring is 1. The van der Waals surface area contributed by atoms with Gasteiger partial charge in [-0.1, -0.05) is 12.2 Å². The van der Waals surface area contributed by atoms with Crippen molar-refractivity contribution in [1.29, 1.82) is 0 Å². The molecule has 1 aliphatic rings. The highest BCUT2D eigenvalue weighted by molar-refractivity contribution is 6.08. The second-order valence-electron chi connectivity index (χ2n) is 3.85. The van der Waals surface area contributed by atoms with Crippen LogP contribution in [0.15, 0.2) is 36.1 Å². The fourth-order valence-electron chi connectivity index (χ4n) is 1.82. The maximum absolute atomic E-state index is 11.5. The van der Waals surface area contributed by atoms with Crippen molar-refractivity contribution in [2.24, 2.45) is 0 Å². The molecule has 2 N–H and O–H groups in total. The van der Waals surface area contributed by atoms with E-state index in [1.54, 1.807) is 19.2 Å². The summed E-state index contributed by atoms with van der Waals surface area (Å²) in [6.07, 6.45) is 7.54. The summed E-state index contributed by atoms with van der Waals surface area (Å²) >= 11 is 0. The van der Waals surface area contributed by atoms with E-state index in [4.69, 9.17) is 5.73 Å². The predicted molar refractivity (Wildman–Crippen MR) is 64.6 cm³/mol.